The van der Waals surface area contributed by atoms with Crippen molar-refractivity contribution in [3.8, 4) is 0 Å². The second-order valence-corrected chi connectivity index (χ2v) is 8.76. The minimum atomic E-state index is -0.342. The quantitative estimate of drug-likeness (QED) is 0.310. The minimum absolute atomic E-state index is 0.299. The summed E-state index contributed by atoms with van der Waals surface area (Å²) in [4.78, 5) is 30.7. The van der Waals surface area contributed by atoms with E-state index < -0.39 is 0 Å². The van der Waals surface area contributed by atoms with Gasteiger partial charge in [-0.3, -0.25) is 13.9 Å². The smallest absolute Gasteiger partial charge is 0.328 e. The zero-order chi connectivity index (χ0) is 20.4. The molecule has 0 radical (unpaired) electrons. The highest BCUT2D eigenvalue weighted by molar-refractivity contribution is 7.99. The van der Waals surface area contributed by atoms with Gasteiger partial charge < -0.3 is 9.13 Å². The molecule has 4 aromatic rings. The van der Waals surface area contributed by atoms with E-state index in [9.17, 15) is 9.59 Å². The van der Waals surface area contributed by atoms with Crippen LogP contribution in [-0.2, 0) is 33.6 Å². The van der Waals surface area contributed by atoms with Crippen LogP contribution in [-0.4, -0.2) is 39.2 Å². The molecule has 0 fully saturated rings. The fourth-order valence-electron chi connectivity index (χ4n) is 3.17. The van der Waals surface area contributed by atoms with Crippen LogP contribution in [0.25, 0.3) is 11.2 Å². The molecule has 0 amide bonds. The van der Waals surface area contributed by atoms with Crippen molar-refractivity contribution in [2.24, 2.45) is 14.1 Å². The monoisotopic (exact) mass is 431 g/mol. The Hall–Kier alpha value is -2.66. The highest BCUT2D eigenvalue weighted by Crippen LogP contribution is 2.17. The molecule has 0 unspecified atom stereocenters. The van der Waals surface area contributed by atoms with Crippen molar-refractivity contribution in [3.05, 3.63) is 55.9 Å². The fourth-order valence-corrected chi connectivity index (χ4v) is 4.74. The van der Waals surface area contributed by atoms with E-state index in [1.807, 2.05) is 4.57 Å². The topological polar surface area (TPSA) is 92.5 Å². The van der Waals surface area contributed by atoms with E-state index in [-0.39, 0.29) is 11.2 Å². The van der Waals surface area contributed by atoms with E-state index >= 15 is 0 Å². The number of rotatable bonds is 8. The van der Waals surface area contributed by atoms with Crippen molar-refractivity contribution < 1.29 is 0 Å². The first-order valence-electron chi connectivity index (χ1n) is 9.20. The Morgan fingerprint density at radius 3 is 2.83 bits per heavy atom. The SMILES string of the molecule is Cn1cnc2c1c(=O)n(CCCSc1nncn1CCc1cccs1)c(=O)n2C. The van der Waals surface area contributed by atoms with Gasteiger partial charge in [-0.1, -0.05) is 17.8 Å². The predicted octanol–water partition coefficient (Wildman–Crippen LogP) is 1.51. The number of fused-ring (bicyclic) bond motifs is 1. The molecule has 0 atom stereocenters. The molecule has 0 N–H and O–H groups in total. The van der Waals surface area contributed by atoms with Crippen LogP contribution in [0, 0.1) is 0 Å². The second kappa shape index (κ2) is 8.37. The largest absolute Gasteiger partial charge is 0.332 e. The molecule has 11 heteroatoms. The van der Waals surface area contributed by atoms with Crippen LogP contribution < -0.4 is 11.2 Å². The number of aromatic nitrogens is 7. The minimum Gasteiger partial charge on any atom is -0.328 e. The van der Waals surface area contributed by atoms with Crippen LogP contribution in [0.1, 0.15) is 11.3 Å². The van der Waals surface area contributed by atoms with Gasteiger partial charge in [0.1, 0.15) is 6.33 Å². The summed E-state index contributed by atoms with van der Waals surface area (Å²) in [6.07, 6.45) is 4.90. The molecule has 0 saturated heterocycles. The third-order valence-corrected chi connectivity index (χ3v) is 6.72. The lowest BCUT2D eigenvalue weighted by atomic mass is 10.3. The summed E-state index contributed by atoms with van der Waals surface area (Å²) in [5, 5.41) is 11.1. The Balaban J connectivity index is 1.39. The van der Waals surface area contributed by atoms with Gasteiger partial charge in [-0.2, -0.15) is 0 Å². The number of hydrogen-bond donors (Lipinski definition) is 0. The highest BCUT2D eigenvalue weighted by Gasteiger charge is 2.14. The Bertz CT molecular complexity index is 1230. The van der Waals surface area contributed by atoms with E-state index in [4.69, 9.17) is 0 Å². The standard InChI is InChI=1S/C18H21N7O2S2/c1-22-11-19-15-14(22)16(26)25(18(27)23(15)2)7-4-10-29-17-21-20-12-24(17)8-6-13-5-3-9-28-13/h3,5,9,11-12H,4,6-8,10H2,1-2H3. The molecular weight excluding hydrogens is 410 g/mol. The van der Waals surface area contributed by atoms with Crippen molar-refractivity contribution in [1.82, 2.24) is 33.4 Å². The molecule has 0 aliphatic rings. The lowest BCUT2D eigenvalue weighted by molar-refractivity contribution is 0.593. The van der Waals surface area contributed by atoms with Crippen LogP contribution >= 0.6 is 23.1 Å². The van der Waals surface area contributed by atoms with Crippen molar-refractivity contribution in [3.63, 3.8) is 0 Å². The van der Waals surface area contributed by atoms with Gasteiger partial charge in [-0.05, 0) is 24.3 Å². The maximum absolute atomic E-state index is 12.7. The van der Waals surface area contributed by atoms with Gasteiger partial charge in [-0.25, -0.2) is 9.78 Å². The second-order valence-electron chi connectivity index (χ2n) is 6.66. The summed E-state index contributed by atoms with van der Waals surface area (Å²) < 4.78 is 6.40. The number of nitrogens with zero attached hydrogens (tertiary/aromatic N) is 7. The van der Waals surface area contributed by atoms with Gasteiger partial charge in [0.2, 0.25) is 0 Å². The van der Waals surface area contributed by atoms with Gasteiger partial charge >= 0.3 is 5.69 Å². The molecule has 0 aromatic carbocycles. The molecule has 152 valence electrons. The predicted molar refractivity (Wildman–Crippen MR) is 114 cm³/mol. The Kier molecular flexibility index (Phi) is 5.67. The molecule has 0 spiro atoms. The average Bonchev–Trinajstić information content (AvgIpc) is 3.45. The first-order valence-corrected chi connectivity index (χ1v) is 11.1. The third-order valence-electron chi connectivity index (χ3n) is 4.72. The van der Waals surface area contributed by atoms with Crippen LogP contribution in [0.5, 0.6) is 0 Å². The molecular formula is C18H21N7O2S2. The summed E-state index contributed by atoms with van der Waals surface area (Å²) in [7, 11) is 3.39. The first-order chi connectivity index (χ1) is 14.1. The van der Waals surface area contributed by atoms with Crippen molar-refractivity contribution in [1.29, 1.82) is 0 Å². The number of thioether (sulfide) groups is 1. The number of thiophene rings is 1. The maximum Gasteiger partial charge on any atom is 0.332 e. The number of imidazole rings is 1. The Labute approximate surface area is 174 Å². The third kappa shape index (κ3) is 3.92. The van der Waals surface area contributed by atoms with Crippen molar-refractivity contribution in [2.45, 2.75) is 31.1 Å². The van der Waals surface area contributed by atoms with Crippen LogP contribution in [0.3, 0.4) is 0 Å². The Morgan fingerprint density at radius 2 is 2.03 bits per heavy atom. The summed E-state index contributed by atoms with van der Waals surface area (Å²) in [5.74, 6) is 0.733. The lowest BCUT2D eigenvalue weighted by Crippen LogP contribution is -2.39. The normalized spacial score (nSPS) is 11.5. The van der Waals surface area contributed by atoms with Gasteiger partial charge in [-0.15, -0.1) is 21.5 Å². The fraction of sp³-hybridized carbons (Fsp3) is 0.389. The maximum atomic E-state index is 12.7. The first kappa shape index (κ1) is 19.6. The van der Waals surface area contributed by atoms with Gasteiger partial charge in [0.15, 0.2) is 16.3 Å². The van der Waals surface area contributed by atoms with E-state index in [0.29, 0.717) is 24.1 Å². The molecule has 4 rings (SSSR count). The van der Waals surface area contributed by atoms with Crippen LogP contribution in [0.2, 0.25) is 0 Å². The number of aryl methyl sites for hydroxylation is 4. The van der Waals surface area contributed by atoms with Crippen LogP contribution in [0.4, 0.5) is 0 Å². The van der Waals surface area contributed by atoms with E-state index in [0.717, 1.165) is 23.9 Å². The molecule has 0 aliphatic carbocycles. The molecule has 0 saturated carbocycles. The Morgan fingerprint density at radius 1 is 1.17 bits per heavy atom. The van der Waals surface area contributed by atoms with Crippen molar-refractivity contribution >= 4 is 34.3 Å². The lowest BCUT2D eigenvalue weighted by Gasteiger charge is -2.09. The molecule has 0 bridgehead atoms. The summed E-state index contributed by atoms with van der Waals surface area (Å²) >= 11 is 3.33. The molecule has 4 heterocycles. The molecule has 9 nitrogen and oxygen atoms in total. The summed E-state index contributed by atoms with van der Waals surface area (Å²) in [6.45, 7) is 1.18. The van der Waals surface area contributed by atoms with E-state index in [1.54, 1.807) is 54.4 Å². The van der Waals surface area contributed by atoms with Gasteiger partial charge in [0, 0.05) is 37.8 Å². The van der Waals surface area contributed by atoms with Gasteiger partial charge in [0.25, 0.3) is 5.56 Å². The molecule has 4 aromatic heterocycles. The van der Waals surface area contributed by atoms with Crippen LogP contribution in [0.15, 0.2) is 44.9 Å². The zero-order valence-electron chi connectivity index (χ0n) is 16.2. The average molecular weight is 432 g/mol. The van der Waals surface area contributed by atoms with E-state index in [2.05, 4.69) is 32.7 Å². The summed E-state index contributed by atoms with van der Waals surface area (Å²) in [6, 6.07) is 4.18. The molecule has 29 heavy (non-hydrogen) atoms. The molecule has 0 aliphatic heterocycles. The van der Waals surface area contributed by atoms with Gasteiger partial charge in [0.05, 0.1) is 6.33 Å². The van der Waals surface area contributed by atoms with E-state index in [1.165, 1.54) is 14.0 Å². The summed E-state index contributed by atoms with van der Waals surface area (Å²) in [5.41, 5.74) is 0.206. The zero-order valence-corrected chi connectivity index (χ0v) is 17.8. The van der Waals surface area contributed by atoms with Crippen molar-refractivity contribution in [2.75, 3.05) is 5.75 Å². The highest BCUT2D eigenvalue weighted by atomic mass is 32.2. The number of hydrogen-bond acceptors (Lipinski definition) is 7.